The molecule has 4 heteroatoms. The second-order valence-corrected chi connectivity index (χ2v) is 5.19. The highest BCUT2D eigenvalue weighted by Crippen LogP contribution is 2.25. The number of anilines is 2. The summed E-state index contributed by atoms with van der Waals surface area (Å²) in [6, 6.07) is 9.72. The third-order valence-electron chi connectivity index (χ3n) is 2.52. The molecule has 2 heterocycles. The predicted molar refractivity (Wildman–Crippen MR) is 75.8 cm³/mol. The van der Waals surface area contributed by atoms with E-state index in [0.717, 1.165) is 34.2 Å². The van der Waals surface area contributed by atoms with Crippen molar-refractivity contribution < 1.29 is 4.79 Å². The van der Waals surface area contributed by atoms with Gasteiger partial charge in [0, 0.05) is 5.69 Å². The maximum absolute atomic E-state index is 11.2. The number of thiophene rings is 1. The molecule has 0 aliphatic carbocycles. The highest BCUT2D eigenvalue weighted by molar-refractivity contribution is 7.18. The Balaban J connectivity index is 2.12. The second kappa shape index (κ2) is 5.78. The van der Waals surface area contributed by atoms with Crippen molar-refractivity contribution >= 4 is 27.9 Å². The van der Waals surface area contributed by atoms with E-state index in [4.69, 9.17) is 0 Å². The van der Waals surface area contributed by atoms with Gasteiger partial charge in [0.05, 0.1) is 9.88 Å². The molecule has 94 valence electrons. The molecule has 0 atom stereocenters. The van der Waals surface area contributed by atoms with Gasteiger partial charge in [-0.3, -0.25) is 4.79 Å². The third-order valence-corrected chi connectivity index (χ3v) is 3.62. The van der Waals surface area contributed by atoms with Crippen LogP contribution in [-0.2, 0) is 6.42 Å². The standard InChI is InChI=1S/C14H16N2OS/c1-3-5-11-6-4-7-13(15-11)16-14-9-8-12(18-14)10(2)17/h4,6-9H,3,5H2,1-2H3,(H,15,16). The fourth-order valence-electron chi connectivity index (χ4n) is 1.67. The molecule has 0 saturated heterocycles. The number of Topliss-reactive ketones (excluding diaryl/α,β-unsaturated/α-hetero) is 1. The minimum atomic E-state index is 0.0979. The third kappa shape index (κ3) is 3.17. The topological polar surface area (TPSA) is 42.0 Å². The summed E-state index contributed by atoms with van der Waals surface area (Å²) in [6.45, 7) is 3.72. The zero-order chi connectivity index (χ0) is 13.0. The number of nitrogens with one attached hydrogen (secondary N) is 1. The first-order valence-electron chi connectivity index (χ1n) is 6.02. The number of carbonyl (C=O) groups excluding carboxylic acids is 1. The SMILES string of the molecule is CCCc1cccc(Nc2ccc(C(C)=O)s2)n1. The summed E-state index contributed by atoms with van der Waals surface area (Å²) in [4.78, 5) is 16.5. The summed E-state index contributed by atoms with van der Waals surface area (Å²) < 4.78 is 0. The molecule has 2 aromatic rings. The number of aromatic nitrogens is 1. The summed E-state index contributed by atoms with van der Waals surface area (Å²) >= 11 is 1.45. The summed E-state index contributed by atoms with van der Waals surface area (Å²) in [5.74, 6) is 0.929. The average Bonchev–Trinajstić information content (AvgIpc) is 2.78. The van der Waals surface area contributed by atoms with Gasteiger partial charge in [-0.15, -0.1) is 11.3 Å². The Hall–Kier alpha value is -1.68. The Kier molecular flexibility index (Phi) is 4.10. The smallest absolute Gasteiger partial charge is 0.169 e. The van der Waals surface area contributed by atoms with Crippen molar-refractivity contribution in [2.24, 2.45) is 0 Å². The molecule has 0 radical (unpaired) electrons. The lowest BCUT2D eigenvalue weighted by Gasteiger charge is -2.04. The highest BCUT2D eigenvalue weighted by Gasteiger charge is 2.05. The molecule has 0 spiro atoms. The Morgan fingerprint density at radius 1 is 1.33 bits per heavy atom. The van der Waals surface area contributed by atoms with Crippen LogP contribution in [0.5, 0.6) is 0 Å². The molecule has 0 amide bonds. The molecule has 0 aliphatic heterocycles. The monoisotopic (exact) mass is 260 g/mol. The minimum absolute atomic E-state index is 0.0979. The number of pyridine rings is 1. The molecule has 2 aromatic heterocycles. The lowest BCUT2D eigenvalue weighted by atomic mass is 10.2. The fourth-order valence-corrected chi connectivity index (χ4v) is 2.47. The van der Waals surface area contributed by atoms with Crippen LogP contribution in [0.25, 0.3) is 0 Å². The van der Waals surface area contributed by atoms with E-state index in [1.54, 1.807) is 6.92 Å². The van der Waals surface area contributed by atoms with E-state index in [-0.39, 0.29) is 5.78 Å². The molecular formula is C14H16N2OS. The minimum Gasteiger partial charge on any atom is -0.332 e. The van der Waals surface area contributed by atoms with Crippen LogP contribution < -0.4 is 5.32 Å². The van der Waals surface area contributed by atoms with Gasteiger partial charge in [0.15, 0.2) is 5.78 Å². The van der Waals surface area contributed by atoms with Crippen LogP contribution in [0.3, 0.4) is 0 Å². The van der Waals surface area contributed by atoms with Gasteiger partial charge in [-0.1, -0.05) is 19.4 Å². The van der Waals surface area contributed by atoms with Crippen LogP contribution in [-0.4, -0.2) is 10.8 Å². The summed E-state index contributed by atoms with van der Waals surface area (Å²) in [5.41, 5.74) is 1.09. The first-order valence-corrected chi connectivity index (χ1v) is 6.84. The van der Waals surface area contributed by atoms with Crippen molar-refractivity contribution in [3.05, 3.63) is 40.9 Å². The summed E-state index contributed by atoms with van der Waals surface area (Å²) in [5, 5.41) is 4.18. The van der Waals surface area contributed by atoms with Gasteiger partial charge in [0.2, 0.25) is 0 Å². The van der Waals surface area contributed by atoms with Crippen molar-refractivity contribution in [1.29, 1.82) is 0 Å². The molecule has 0 unspecified atom stereocenters. The van der Waals surface area contributed by atoms with Crippen molar-refractivity contribution in [1.82, 2.24) is 4.98 Å². The van der Waals surface area contributed by atoms with Gasteiger partial charge in [0.1, 0.15) is 5.82 Å². The number of ketones is 1. The molecular weight excluding hydrogens is 244 g/mol. The predicted octanol–water partition coefficient (Wildman–Crippen LogP) is 4.04. The van der Waals surface area contributed by atoms with Gasteiger partial charge >= 0.3 is 0 Å². The number of hydrogen-bond acceptors (Lipinski definition) is 4. The molecule has 1 N–H and O–H groups in total. The molecule has 0 aliphatic rings. The normalized spacial score (nSPS) is 10.3. The van der Waals surface area contributed by atoms with Crippen molar-refractivity contribution in [2.75, 3.05) is 5.32 Å². The van der Waals surface area contributed by atoms with Crippen LogP contribution >= 0.6 is 11.3 Å². The van der Waals surface area contributed by atoms with Crippen molar-refractivity contribution in [3.63, 3.8) is 0 Å². The number of carbonyl (C=O) groups is 1. The molecule has 0 bridgehead atoms. The van der Waals surface area contributed by atoms with Gasteiger partial charge in [0.25, 0.3) is 0 Å². The van der Waals surface area contributed by atoms with Crippen LogP contribution in [0.15, 0.2) is 30.3 Å². The molecule has 2 rings (SSSR count). The average molecular weight is 260 g/mol. The van der Waals surface area contributed by atoms with E-state index >= 15 is 0 Å². The number of aryl methyl sites for hydroxylation is 1. The summed E-state index contributed by atoms with van der Waals surface area (Å²) in [7, 11) is 0. The molecule has 18 heavy (non-hydrogen) atoms. The van der Waals surface area contributed by atoms with Crippen LogP contribution in [0.2, 0.25) is 0 Å². The van der Waals surface area contributed by atoms with E-state index in [1.165, 1.54) is 11.3 Å². The maximum Gasteiger partial charge on any atom is 0.169 e. The largest absolute Gasteiger partial charge is 0.332 e. The van der Waals surface area contributed by atoms with E-state index in [9.17, 15) is 4.79 Å². The van der Waals surface area contributed by atoms with E-state index < -0.39 is 0 Å². The zero-order valence-corrected chi connectivity index (χ0v) is 11.4. The number of hydrogen-bond donors (Lipinski definition) is 1. The Labute approximate surface area is 111 Å². The number of nitrogens with zero attached hydrogens (tertiary/aromatic N) is 1. The second-order valence-electron chi connectivity index (χ2n) is 4.11. The lowest BCUT2D eigenvalue weighted by molar-refractivity contribution is 0.102. The van der Waals surface area contributed by atoms with Gasteiger partial charge < -0.3 is 5.32 Å². The first kappa shape index (κ1) is 12.8. The summed E-state index contributed by atoms with van der Waals surface area (Å²) in [6.07, 6.45) is 2.07. The van der Waals surface area contributed by atoms with Crippen LogP contribution in [0.1, 0.15) is 35.6 Å². The molecule has 0 fully saturated rings. The van der Waals surface area contributed by atoms with E-state index in [2.05, 4.69) is 17.2 Å². The highest BCUT2D eigenvalue weighted by atomic mass is 32.1. The fraction of sp³-hybridized carbons (Fsp3) is 0.286. The Morgan fingerprint density at radius 3 is 2.83 bits per heavy atom. The van der Waals surface area contributed by atoms with E-state index in [1.807, 2.05) is 30.3 Å². The quantitative estimate of drug-likeness (QED) is 0.825. The van der Waals surface area contributed by atoms with Gasteiger partial charge in [-0.05, 0) is 37.6 Å². The van der Waals surface area contributed by atoms with E-state index in [0.29, 0.717) is 0 Å². The first-order chi connectivity index (χ1) is 8.69. The Bertz CT molecular complexity index is 548. The number of rotatable bonds is 5. The zero-order valence-electron chi connectivity index (χ0n) is 10.6. The maximum atomic E-state index is 11.2. The van der Waals surface area contributed by atoms with Crippen molar-refractivity contribution in [3.8, 4) is 0 Å². The van der Waals surface area contributed by atoms with Crippen molar-refractivity contribution in [2.45, 2.75) is 26.7 Å². The Morgan fingerprint density at radius 2 is 2.17 bits per heavy atom. The van der Waals surface area contributed by atoms with Crippen LogP contribution in [0, 0.1) is 0 Å². The van der Waals surface area contributed by atoms with Gasteiger partial charge in [-0.2, -0.15) is 0 Å². The lowest BCUT2D eigenvalue weighted by Crippen LogP contribution is -1.95. The van der Waals surface area contributed by atoms with Gasteiger partial charge in [-0.25, -0.2) is 4.98 Å². The molecule has 0 saturated carbocycles. The molecule has 3 nitrogen and oxygen atoms in total. The van der Waals surface area contributed by atoms with Crippen LogP contribution in [0.4, 0.5) is 10.8 Å². The molecule has 0 aromatic carbocycles.